The maximum atomic E-state index is 14.0. The van der Waals surface area contributed by atoms with Crippen LogP contribution in [0.2, 0.25) is 0 Å². The first kappa shape index (κ1) is 28.4. The second kappa shape index (κ2) is 11.2. The normalized spacial score (nSPS) is 11.2. The molecule has 0 aliphatic heterocycles. The molecule has 1 amide bonds. The van der Waals surface area contributed by atoms with E-state index in [-0.39, 0.29) is 27.8 Å². The molecule has 0 atom stereocenters. The maximum Gasteiger partial charge on any atom is 0.328 e. The Morgan fingerprint density at radius 3 is 2.10 bits per heavy atom. The van der Waals surface area contributed by atoms with Gasteiger partial charge in [-0.2, -0.15) is 0 Å². The fourth-order valence-corrected chi connectivity index (χ4v) is 5.75. The molecule has 0 spiro atoms. The number of aromatic nitrogens is 2. The van der Waals surface area contributed by atoms with E-state index in [9.17, 15) is 18.0 Å². The van der Waals surface area contributed by atoms with Crippen molar-refractivity contribution in [3.63, 3.8) is 0 Å². The lowest BCUT2D eigenvalue weighted by atomic mass is 10.2. The van der Waals surface area contributed by atoms with Gasteiger partial charge in [0, 0.05) is 31.9 Å². The smallest absolute Gasteiger partial charge is 0.328 e. The van der Waals surface area contributed by atoms with Crippen LogP contribution in [0.5, 0.6) is 23.0 Å². The summed E-state index contributed by atoms with van der Waals surface area (Å²) in [4.78, 5) is 25.5. The van der Waals surface area contributed by atoms with Crippen LogP contribution in [-0.4, -0.2) is 58.4 Å². The van der Waals surface area contributed by atoms with E-state index in [0.717, 1.165) is 4.31 Å². The van der Waals surface area contributed by atoms with Crippen molar-refractivity contribution in [3.8, 4) is 23.0 Å². The third-order valence-corrected chi connectivity index (χ3v) is 8.20. The van der Waals surface area contributed by atoms with E-state index in [1.165, 1.54) is 61.8 Å². The molecule has 1 N–H and O–H groups in total. The predicted octanol–water partition coefficient (Wildman–Crippen LogP) is 2.75. The Kier molecular flexibility index (Phi) is 7.96. The molecule has 4 rings (SSSR count). The molecule has 1 aromatic heterocycles. The number of benzene rings is 3. The Morgan fingerprint density at radius 2 is 1.45 bits per heavy atom. The summed E-state index contributed by atoms with van der Waals surface area (Å²) < 4.78 is 53.2. The molecular weight excluding hydrogens is 540 g/mol. The highest BCUT2D eigenvalue weighted by atomic mass is 32.2. The SMILES string of the molecule is COc1ccc(OC)c(N(CC(=O)Nc2ccc3c(c2)n(C)c(=O)n3C)S(=O)(=O)c2ccc(OC)c(OC)c2)c1. The molecule has 3 aromatic carbocycles. The largest absolute Gasteiger partial charge is 0.497 e. The highest BCUT2D eigenvalue weighted by molar-refractivity contribution is 7.92. The van der Waals surface area contributed by atoms with Crippen LogP contribution in [0, 0.1) is 0 Å². The number of hydrogen-bond donors (Lipinski definition) is 1. The summed E-state index contributed by atoms with van der Waals surface area (Å²) in [7, 11) is 4.60. The number of methoxy groups -OCH3 is 4. The fraction of sp³-hybridized carbons (Fsp3) is 0.259. The van der Waals surface area contributed by atoms with Crippen molar-refractivity contribution in [3.05, 3.63) is 65.1 Å². The molecule has 212 valence electrons. The Bertz CT molecular complexity index is 1740. The van der Waals surface area contributed by atoms with Crippen LogP contribution in [-0.2, 0) is 28.9 Å². The van der Waals surface area contributed by atoms with Crippen LogP contribution >= 0.6 is 0 Å². The average molecular weight is 571 g/mol. The van der Waals surface area contributed by atoms with E-state index in [0.29, 0.717) is 28.2 Å². The standard InChI is InChI=1S/C27H30N4O8S/c1-29-20-10-7-17(13-21(20)30(2)27(29)33)28-26(32)16-31(22-14-18(36-3)8-11-23(22)37-4)40(34,35)19-9-12-24(38-5)25(15-19)39-6/h7-15H,16H2,1-6H3,(H,28,32). The van der Waals surface area contributed by atoms with E-state index in [2.05, 4.69) is 5.32 Å². The number of carbonyl (C=O) groups is 1. The van der Waals surface area contributed by atoms with Crippen LogP contribution in [0.25, 0.3) is 11.0 Å². The first-order chi connectivity index (χ1) is 19.0. The number of anilines is 2. The van der Waals surface area contributed by atoms with Gasteiger partial charge >= 0.3 is 5.69 Å². The third-order valence-electron chi connectivity index (χ3n) is 6.44. The summed E-state index contributed by atoms with van der Waals surface area (Å²) in [5.41, 5.74) is 1.56. The van der Waals surface area contributed by atoms with Crippen molar-refractivity contribution in [2.24, 2.45) is 14.1 Å². The van der Waals surface area contributed by atoms with Gasteiger partial charge in [-0.3, -0.25) is 18.2 Å². The maximum absolute atomic E-state index is 14.0. The molecule has 0 aliphatic carbocycles. The minimum atomic E-state index is -4.35. The molecule has 13 heteroatoms. The second-order valence-corrected chi connectivity index (χ2v) is 10.6. The number of nitrogens with zero attached hydrogens (tertiary/aromatic N) is 3. The summed E-state index contributed by atoms with van der Waals surface area (Å²) in [5, 5.41) is 2.73. The van der Waals surface area contributed by atoms with Gasteiger partial charge in [-0.15, -0.1) is 0 Å². The van der Waals surface area contributed by atoms with Crippen molar-refractivity contribution in [2.75, 3.05) is 44.6 Å². The molecule has 4 aromatic rings. The number of carbonyl (C=O) groups excluding carboxylic acids is 1. The number of aryl methyl sites for hydroxylation is 2. The van der Waals surface area contributed by atoms with E-state index in [1.807, 2.05) is 0 Å². The number of sulfonamides is 1. The van der Waals surface area contributed by atoms with Gasteiger partial charge in [-0.05, 0) is 42.5 Å². The fourth-order valence-electron chi connectivity index (χ4n) is 4.31. The van der Waals surface area contributed by atoms with E-state index >= 15 is 0 Å². The molecule has 0 bridgehead atoms. The lowest BCUT2D eigenvalue weighted by molar-refractivity contribution is -0.114. The Morgan fingerprint density at radius 1 is 0.800 bits per heavy atom. The molecule has 40 heavy (non-hydrogen) atoms. The molecule has 0 unspecified atom stereocenters. The molecule has 12 nitrogen and oxygen atoms in total. The van der Waals surface area contributed by atoms with Gasteiger partial charge < -0.3 is 24.3 Å². The van der Waals surface area contributed by atoms with Gasteiger partial charge in [0.05, 0.1) is 50.1 Å². The van der Waals surface area contributed by atoms with Crippen LogP contribution < -0.4 is 34.3 Å². The van der Waals surface area contributed by atoms with Gasteiger partial charge in [0.25, 0.3) is 10.0 Å². The molecule has 1 heterocycles. The number of ether oxygens (including phenoxy) is 4. The number of fused-ring (bicyclic) bond motifs is 1. The molecule has 0 radical (unpaired) electrons. The zero-order chi connectivity index (χ0) is 29.2. The minimum Gasteiger partial charge on any atom is -0.497 e. The van der Waals surface area contributed by atoms with Gasteiger partial charge in [0.1, 0.15) is 18.0 Å². The third kappa shape index (κ3) is 5.15. The number of imidazole rings is 1. The minimum absolute atomic E-state index is 0.0905. The van der Waals surface area contributed by atoms with Crippen LogP contribution in [0.1, 0.15) is 0 Å². The average Bonchev–Trinajstić information content (AvgIpc) is 3.18. The quantitative estimate of drug-likeness (QED) is 0.308. The van der Waals surface area contributed by atoms with Crippen molar-refractivity contribution < 1.29 is 32.2 Å². The number of rotatable bonds is 10. The first-order valence-corrected chi connectivity index (χ1v) is 13.4. The monoisotopic (exact) mass is 570 g/mol. The summed E-state index contributed by atoms with van der Waals surface area (Å²) in [5.74, 6) is 0.481. The zero-order valence-electron chi connectivity index (χ0n) is 22.9. The van der Waals surface area contributed by atoms with Gasteiger partial charge in [-0.1, -0.05) is 0 Å². The lowest BCUT2D eigenvalue weighted by Crippen LogP contribution is -2.38. The number of amides is 1. The van der Waals surface area contributed by atoms with Crippen LogP contribution in [0.3, 0.4) is 0 Å². The van der Waals surface area contributed by atoms with Gasteiger partial charge in [-0.25, -0.2) is 13.2 Å². The molecule has 0 saturated carbocycles. The zero-order valence-corrected chi connectivity index (χ0v) is 23.7. The number of hydrogen-bond acceptors (Lipinski definition) is 8. The van der Waals surface area contributed by atoms with E-state index in [1.54, 1.807) is 44.4 Å². The van der Waals surface area contributed by atoms with Crippen LogP contribution in [0.4, 0.5) is 11.4 Å². The second-order valence-electron chi connectivity index (χ2n) is 8.72. The summed E-state index contributed by atoms with van der Waals surface area (Å²) >= 11 is 0. The molecule has 0 fully saturated rings. The summed E-state index contributed by atoms with van der Waals surface area (Å²) in [6.45, 7) is -0.605. The van der Waals surface area contributed by atoms with Gasteiger partial charge in [0.15, 0.2) is 11.5 Å². The molecule has 0 aliphatic rings. The van der Waals surface area contributed by atoms with Crippen LogP contribution in [0.15, 0.2) is 64.3 Å². The highest BCUT2D eigenvalue weighted by Gasteiger charge is 2.31. The number of nitrogens with one attached hydrogen (secondary N) is 1. The van der Waals surface area contributed by atoms with Gasteiger partial charge in [0.2, 0.25) is 5.91 Å². The molecular formula is C27H30N4O8S. The summed E-state index contributed by atoms with van der Waals surface area (Å²) in [6.07, 6.45) is 0. The van der Waals surface area contributed by atoms with E-state index < -0.39 is 22.5 Å². The Labute approximate surface area is 231 Å². The highest BCUT2D eigenvalue weighted by Crippen LogP contribution is 2.37. The Hall–Kier alpha value is -4.65. The van der Waals surface area contributed by atoms with E-state index in [4.69, 9.17) is 18.9 Å². The Balaban J connectivity index is 1.77. The van der Waals surface area contributed by atoms with Crippen molar-refractivity contribution in [2.45, 2.75) is 4.90 Å². The molecule has 0 saturated heterocycles. The van der Waals surface area contributed by atoms with Crippen molar-refractivity contribution in [1.29, 1.82) is 0 Å². The summed E-state index contributed by atoms with van der Waals surface area (Å²) in [6, 6.07) is 13.8. The lowest BCUT2D eigenvalue weighted by Gasteiger charge is -2.26. The van der Waals surface area contributed by atoms with Crippen molar-refractivity contribution in [1.82, 2.24) is 9.13 Å². The first-order valence-electron chi connectivity index (χ1n) is 12.0. The predicted molar refractivity (Wildman–Crippen MR) is 150 cm³/mol. The topological polar surface area (TPSA) is 130 Å². The van der Waals surface area contributed by atoms with Crippen molar-refractivity contribution >= 4 is 38.3 Å².